The molecule has 2 aromatic carbocycles. The van der Waals surface area contributed by atoms with E-state index in [1.165, 1.54) is 23.4 Å². The van der Waals surface area contributed by atoms with Crippen molar-refractivity contribution in [1.82, 2.24) is 5.32 Å². The number of hydrogen-bond donors (Lipinski definition) is 1. The highest BCUT2D eigenvalue weighted by Gasteiger charge is 2.40. The van der Waals surface area contributed by atoms with Crippen LogP contribution in [0.5, 0.6) is 0 Å². The third kappa shape index (κ3) is 7.85. The molecule has 3 heterocycles. The molecule has 48 heavy (non-hydrogen) atoms. The van der Waals surface area contributed by atoms with Gasteiger partial charge < -0.3 is 27.9 Å². The minimum Gasteiger partial charge on any atom is -0.422 e. The first-order valence-corrected chi connectivity index (χ1v) is 18.3. The lowest BCUT2D eigenvalue weighted by Gasteiger charge is -2.37. The number of carbonyl (C=O) groups is 2. The van der Waals surface area contributed by atoms with Crippen LogP contribution in [0, 0.1) is 11.3 Å². The van der Waals surface area contributed by atoms with Crippen LogP contribution in [-0.2, 0) is 42.1 Å². The molecule has 1 N–H and O–H groups in total. The van der Waals surface area contributed by atoms with Gasteiger partial charge in [0.25, 0.3) is 5.91 Å². The lowest BCUT2D eigenvalue weighted by Crippen LogP contribution is -2.54. The average Bonchev–Trinajstić information content (AvgIpc) is 3.10. The first kappa shape index (κ1) is 35.0. The van der Waals surface area contributed by atoms with E-state index in [0.29, 0.717) is 43.4 Å². The molecule has 1 amide bonds. The van der Waals surface area contributed by atoms with E-state index >= 15 is 0 Å². The van der Waals surface area contributed by atoms with Crippen LogP contribution in [0.1, 0.15) is 60.8 Å². The first-order valence-electron chi connectivity index (χ1n) is 16.5. The second kappa shape index (κ2) is 16.2. The van der Waals surface area contributed by atoms with E-state index in [9.17, 15) is 19.6 Å². The van der Waals surface area contributed by atoms with Crippen LogP contribution in [-0.4, -0.2) is 61.5 Å². The van der Waals surface area contributed by atoms with Crippen LogP contribution in [0.4, 0.5) is 5.69 Å². The quantitative estimate of drug-likeness (QED) is 0.0620. The molecule has 0 aliphatic carbocycles. The van der Waals surface area contributed by atoms with Gasteiger partial charge in [-0.05, 0) is 73.9 Å². The zero-order valence-corrected chi connectivity index (χ0v) is 28.9. The van der Waals surface area contributed by atoms with Crippen molar-refractivity contribution in [1.29, 1.82) is 5.26 Å². The number of unbranched alkanes of at least 4 members (excludes halogenated alkanes) is 2. The van der Waals surface area contributed by atoms with Crippen LogP contribution in [0.15, 0.2) is 63.3 Å². The number of ketones is 1. The summed E-state index contributed by atoms with van der Waals surface area (Å²) in [5.41, 5.74) is 5.11. The van der Waals surface area contributed by atoms with E-state index in [4.69, 9.17) is 17.7 Å². The van der Waals surface area contributed by atoms with E-state index in [1.54, 1.807) is 27.4 Å². The lowest BCUT2D eigenvalue weighted by atomic mass is 9.90. The van der Waals surface area contributed by atoms with Crippen LogP contribution < -0.4 is 21.0 Å². The number of fused-ring (bicyclic) bond motifs is 2. The highest BCUT2D eigenvalue weighted by molar-refractivity contribution is 6.75. The zero-order valence-electron chi connectivity index (χ0n) is 27.9. The first-order chi connectivity index (χ1) is 23.3. The van der Waals surface area contributed by atoms with E-state index in [1.807, 2.05) is 36.4 Å². The van der Waals surface area contributed by atoms with Crippen molar-refractivity contribution in [2.24, 2.45) is 0 Å². The van der Waals surface area contributed by atoms with Crippen LogP contribution in [0.25, 0.3) is 17.0 Å². The minimum atomic E-state index is -2.90. The third-order valence-electron chi connectivity index (χ3n) is 9.08. The summed E-state index contributed by atoms with van der Waals surface area (Å²) in [5, 5.41) is 14.0. The van der Waals surface area contributed by atoms with Crippen molar-refractivity contribution < 1.29 is 27.3 Å². The van der Waals surface area contributed by atoms with Crippen molar-refractivity contribution in [3.63, 3.8) is 0 Å². The van der Waals surface area contributed by atoms with Crippen LogP contribution in [0.2, 0.25) is 0 Å². The van der Waals surface area contributed by atoms with E-state index in [2.05, 4.69) is 16.3 Å². The van der Waals surface area contributed by atoms with Gasteiger partial charge in [0.1, 0.15) is 23.0 Å². The Labute approximate surface area is 282 Å². The predicted molar refractivity (Wildman–Crippen MR) is 187 cm³/mol. The fourth-order valence-corrected chi connectivity index (χ4v) is 8.44. The number of nitrogens with one attached hydrogen (secondary N) is 1. The summed E-state index contributed by atoms with van der Waals surface area (Å²) in [6.07, 6.45) is 11.5. The zero-order chi connectivity index (χ0) is 34.1. The number of carbonyl (C=O) groups excluding carboxylic acids is 2. The molecule has 1 aromatic heterocycles. The summed E-state index contributed by atoms with van der Waals surface area (Å²) in [5.74, 6) is -0.340. The van der Waals surface area contributed by atoms with Gasteiger partial charge in [0.15, 0.2) is 0 Å². The maximum atomic E-state index is 12.9. The summed E-state index contributed by atoms with van der Waals surface area (Å²) < 4.78 is 22.3. The highest BCUT2D eigenvalue weighted by atomic mass is 28.4. The maximum absolute atomic E-state index is 12.9. The Morgan fingerprint density at radius 3 is 2.46 bits per heavy atom. The smallest absolute Gasteiger partial charge is 0.422 e. The normalized spacial score (nSPS) is 14.6. The number of benzene rings is 2. The van der Waals surface area contributed by atoms with E-state index in [-0.39, 0.29) is 11.4 Å². The number of nitriles is 1. The Kier molecular flexibility index (Phi) is 11.8. The Hall–Kier alpha value is -4.34. The minimum absolute atomic E-state index is 0.0578. The summed E-state index contributed by atoms with van der Waals surface area (Å²) in [6.45, 7) is 2.47. The third-order valence-corrected chi connectivity index (χ3v) is 11.7. The molecule has 2 aliphatic rings. The van der Waals surface area contributed by atoms with Gasteiger partial charge in [-0.25, -0.2) is 4.79 Å². The van der Waals surface area contributed by atoms with Crippen molar-refractivity contribution >= 4 is 48.4 Å². The van der Waals surface area contributed by atoms with Crippen molar-refractivity contribution in [2.75, 3.05) is 45.9 Å². The molecule has 0 radical (unpaired) electrons. The summed E-state index contributed by atoms with van der Waals surface area (Å²) in [7, 11) is 1.77. The fourth-order valence-electron chi connectivity index (χ4n) is 6.66. The molecule has 0 fully saturated rings. The molecule has 0 spiro atoms. The fraction of sp³-hybridized carbons (Fsp3) is 0.405. The molecular weight excluding hydrogens is 627 g/mol. The molecule has 3 aromatic rings. The van der Waals surface area contributed by atoms with E-state index in [0.717, 1.165) is 66.9 Å². The van der Waals surface area contributed by atoms with Crippen molar-refractivity contribution in [3.8, 4) is 6.07 Å². The molecule has 0 unspecified atom stereocenters. The van der Waals surface area contributed by atoms with Crippen LogP contribution >= 0.6 is 0 Å². The second-order valence-electron chi connectivity index (χ2n) is 12.2. The van der Waals surface area contributed by atoms with Gasteiger partial charge in [-0.2, -0.15) is 5.26 Å². The predicted octanol–water partition coefficient (Wildman–Crippen LogP) is 4.53. The Bertz CT molecular complexity index is 1790. The molecule has 11 heteroatoms. The molecule has 5 rings (SSSR count). The number of hydrogen-bond acceptors (Lipinski definition) is 9. The van der Waals surface area contributed by atoms with Gasteiger partial charge in [-0.1, -0.05) is 36.8 Å². The van der Waals surface area contributed by atoms with Gasteiger partial charge in [0, 0.05) is 75.6 Å². The average molecular weight is 670 g/mol. The summed E-state index contributed by atoms with van der Waals surface area (Å²) >= 11 is 0. The van der Waals surface area contributed by atoms with Gasteiger partial charge >= 0.3 is 14.4 Å². The number of anilines is 1. The molecule has 252 valence electrons. The summed E-state index contributed by atoms with van der Waals surface area (Å²) in [6, 6.07) is 13.4. The highest BCUT2D eigenvalue weighted by Crippen LogP contribution is 2.39. The SMILES string of the molecule is CO[Si](OC)(OC)c1ccc(CC(=O)CCCCCNC(=O)/C(C#N)=C/C=C/c2cc3cc4c5c(c3oc2=O)CCCN5CCC4)cc1. The Balaban J connectivity index is 1.07. The number of Topliss-reactive ketones (excluding diaryl/α,β-unsaturated/α-hetero) is 1. The van der Waals surface area contributed by atoms with Gasteiger partial charge in [0.05, 0.1) is 5.56 Å². The number of aryl methyl sites for hydroxylation is 2. The van der Waals surface area contributed by atoms with Gasteiger partial charge in [-0.15, -0.1) is 0 Å². The van der Waals surface area contributed by atoms with Crippen LogP contribution in [0.3, 0.4) is 0 Å². The number of rotatable bonds is 15. The summed E-state index contributed by atoms with van der Waals surface area (Å²) in [4.78, 5) is 40.4. The Morgan fingerprint density at radius 1 is 1.02 bits per heavy atom. The van der Waals surface area contributed by atoms with Gasteiger partial charge in [-0.3, -0.25) is 9.59 Å². The lowest BCUT2D eigenvalue weighted by molar-refractivity contribution is -0.119. The molecule has 0 atom stereocenters. The monoisotopic (exact) mass is 669 g/mol. The largest absolute Gasteiger partial charge is 0.536 e. The molecule has 0 saturated carbocycles. The standard InChI is InChI=1S/C37H43N3O7Si/c1-44-48(45-2,46-3)32-17-15-26(16-18-32)22-31(41)13-5-4-6-19-39-36(42)29(25-38)11-7-10-28-24-30-23-27-12-8-20-40-21-9-14-33(34(27)40)35(30)47-37(28)43/h7,10-11,15-18,23-24H,4-6,8-9,12-14,19-22H2,1-3H3,(H,39,42)/b10-7+,29-11+. The number of nitrogens with zero attached hydrogens (tertiary/aromatic N) is 2. The molecular formula is C37H43N3O7Si. The van der Waals surface area contributed by atoms with Crippen molar-refractivity contribution in [3.05, 3.63) is 86.8 Å². The molecule has 10 nitrogen and oxygen atoms in total. The van der Waals surface area contributed by atoms with E-state index < -0.39 is 20.3 Å². The second-order valence-corrected chi connectivity index (χ2v) is 15.1. The molecule has 0 saturated heterocycles. The maximum Gasteiger partial charge on any atom is 0.536 e. The number of allylic oxidation sites excluding steroid dienone is 2. The number of amides is 1. The molecule has 2 aliphatic heterocycles. The topological polar surface area (TPSA) is 131 Å². The Morgan fingerprint density at radius 2 is 1.75 bits per heavy atom. The van der Waals surface area contributed by atoms with Gasteiger partial charge in [0.2, 0.25) is 0 Å². The molecule has 0 bridgehead atoms. The van der Waals surface area contributed by atoms with Crippen molar-refractivity contribution in [2.45, 2.75) is 57.8 Å².